The number of rotatable bonds is 7. The van der Waals surface area contributed by atoms with Gasteiger partial charge in [-0.25, -0.2) is 0 Å². The van der Waals surface area contributed by atoms with Crippen LogP contribution in [0, 0.1) is 18.3 Å². The summed E-state index contributed by atoms with van der Waals surface area (Å²) in [6.45, 7) is 2.02. The first-order valence-electron chi connectivity index (χ1n) is 12.1. The maximum atomic E-state index is 13.2. The molecule has 194 valence electrons. The molecule has 1 N–H and O–H groups in total. The number of fused-ring (bicyclic) bond motifs is 1. The zero-order valence-corrected chi connectivity index (χ0v) is 22.1. The molecule has 8 nitrogen and oxygen atoms in total. The first-order chi connectivity index (χ1) is 18.9. The molecule has 0 spiro atoms. The quantitative estimate of drug-likeness (QED) is 0.311. The van der Waals surface area contributed by atoms with Crippen LogP contribution in [0.1, 0.15) is 22.4 Å². The van der Waals surface area contributed by atoms with Crippen molar-refractivity contribution in [2.24, 2.45) is 0 Å². The predicted octanol–water partition coefficient (Wildman–Crippen LogP) is 5.55. The van der Waals surface area contributed by atoms with Crippen LogP contribution >= 0.6 is 11.8 Å². The fourth-order valence-corrected chi connectivity index (χ4v) is 5.45. The number of methoxy groups -OCH3 is 1. The molecule has 0 atom stereocenters. The Morgan fingerprint density at radius 3 is 2.56 bits per heavy atom. The normalized spacial score (nSPS) is 14.2. The van der Waals surface area contributed by atoms with E-state index in [4.69, 9.17) is 4.74 Å². The van der Waals surface area contributed by atoms with E-state index in [0.717, 1.165) is 44.4 Å². The molecule has 3 amide bonds. The summed E-state index contributed by atoms with van der Waals surface area (Å²) in [4.78, 5) is 39.8. The average Bonchev–Trinajstić information content (AvgIpc) is 3.36. The summed E-state index contributed by atoms with van der Waals surface area (Å²) >= 11 is 0.811. The number of hydrogen-bond donors (Lipinski definition) is 1. The Balaban J connectivity index is 1.43. The number of hydrogen-bond acceptors (Lipinski definition) is 6. The number of aromatic nitrogens is 1. The number of thioether (sulfide) groups is 1. The van der Waals surface area contributed by atoms with Gasteiger partial charge in [-0.1, -0.05) is 48.5 Å². The fourth-order valence-electron chi connectivity index (χ4n) is 4.63. The second-order valence-corrected chi connectivity index (χ2v) is 9.88. The first kappa shape index (κ1) is 25.8. The highest BCUT2D eigenvalue weighted by Gasteiger charge is 2.36. The van der Waals surface area contributed by atoms with Crippen molar-refractivity contribution in [2.45, 2.75) is 13.5 Å². The largest absolute Gasteiger partial charge is 0.495 e. The van der Waals surface area contributed by atoms with E-state index >= 15 is 0 Å². The third-order valence-corrected chi connectivity index (χ3v) is 7.49. The van der Waals surface area contributed by atoms with Gasteiger partial charge < -0.3 is 14.6 Å². The smallest absolute Gasteiger partial charge is 0.294 e. The molecule has 4 aromatic rings. The Hall–Kier alpha value is -4.81. The second kappa shape index (κ2) is 10.9. The van der Waals surface area contributed by atoms with Crippen LogP contribution in [0.25, 0.3) is 17.0 Å². The highest BCUT2D eigenvalue weighted by molar-refractivity contribution is 8.18. The third kappa shape index (κ3) is 5.02. The van der Waals surface area contributed by atoms with Crippen molar-refractivity contribution >= 4 is 51.5 Å². The molecule has 1 saturated heterocycles. The highest BCUT2D eigenvalue weighted by atomic mass is 32.2. The Kier molecular flexibility index (Phi) is 7.21. The molecule has 1 aromatic heterocycles. The molecular weight excluding hydrogens is 512 g/mol. The van der Waals surface area contributed by atoms with E-state index in [1.807, 2.05) is 49.4 Å². The Morgan fingerprint density at radius 2 is 1.77 bits per heavy atom. The summed E-state index contributed by atoms with van der Waals surface area (Å²) in [5, 5.41) is 12.7. The van der Waals surface area contributed by atoms with Gasteiger partial charge >= 0.3 is 0 Å². The fraction of sp³-hybridized carbons (Fsp3) is 0.133. The van der Waals surface area contributed by atoms with Crippen molar-refractivity contribution in [3.05, 3.63) is 100 Å². The van der Waals surface area contributed by atoms with Gasteiger partial charge in [0.2, 0.25) is 5.91 Å². The Bertz CT molecular complexity index is 1700. The summed E-state index contributed by atoms with van der Waals surface area (Å²) in [5.74, 6) is -0.553. The number of para-hydroxylation sites is 3. The molecule has 0 radical (unpaired) electrons. The molecule has 5 rings (SSSR count). The van der Waals surface area contributed by atoms with Gasteiger partial charge in [-0.15, -0.1) is 0 Å². The second-order valence-electron chi connectivity index (χ2n) is 8.89. The lowest BCUT2D eigenvalue weighted by atomic mass is 10.1. The molecular formula is C30H24N4O4S. The number of amides is 3. The van der Waals surface area contributed by atoms with Crippen molar-refractivity contribution in [1.82, 2.24) is 9.47 Å². The van der Waals surface area contributed by atoms with Gasteiger partial charge in [0.05, 0.1) is 29.3 Å². The van der Waals surface area contributed by atoms with E-state index in [0.29, 0.717) is 23.5 Å². The van der Waals surface area contributed by atoms with Gasteiger partial charge in [-0.3, -0.25) is 19.3 Å². The number of nitriles is 1. The molecule has 9 heteroatoms. The number of ether oxygens (including phenoxy) is 1. The van der Waals surface area contributed by atoms with E-state index < -0.39 is 23.6 Å². The molecule has 3 aromatic carbocycles. The van der Waals surface area contributed by atoms with Crippen LogP contribution in [-0.4, -0.2) is 40.2 Å². The summed E-state index contributed by atoms with van der Waals surface area (Å²) in [5.41, 5.74) is 4.59. The maximum absolute atomic E-state index is 13.2. The molecule has 0 saturated carbocycles. The number of carbonyl (C=O) groups is 3. The summed E-state index contributed by atoms with van der Waals surface area (Å²) in [6.07, 6.45) is 1.72. The number of benzene rings is 3. The first-order valence-corrected chi connectivity index (χ1v) is 13.0. The van der Waals surface area contributed by atoms with Gasteiger partial charge in [-0.05, 0) is 54.6 Å². The lowest BCUT2D eigenvalue weighted by Gasteiger charge is -2.14. The zero-order valence-electron chi connectivity index (χ0n) is 21.3. The van der Waals surface area contributed by atoms with Gasteiger partial charge in [0, 0.05) is 28.7 Å². The van der Waals surface area contributed by atoms with Crippen molar-refractivity contribution in [1.29, 1.82) is 5.26 Å². The zero-order chi connectivity index (χ0) is 27.5. The highest BCUT2D eigenvalue weighted by Crippen LogP contribution is 2.36. The predicted molar refractivity (Wildman–Crippen MR) is 151 cm³/mol. The molecule has 1 aliphatic rings. The maximum Gasteiger partial charge on any atom is 0.294 e. The monoisotopic (exact) mass is 536 g/mol. The Labute approximate surface area is 229 Å². The summed E-state index contributed by atoms with van der Waals surface area (Å²) < 4.78 is 7.35. The number of nitrogens with one attached hydrogen (secondary N) is 1. The minimum Gasteiger partial charge on any atom is -0.495 e. The lowest BCUT2D eigenvalue weighted by Crippen LogP contribution is -2.36. The minimum atomic E-state index is -0.522. The number of carbonyl (C=O) groups excluding carboxylic acids is 3. The average molecular weight is 537 g/mol. The number of nitrogens with zero attached hydrogens (tertiary/aromatic N) is 3. The van der Waals surface area contributed by atoms with Crippen LogP contribution < -0.4 is 10.1 Å². The molecule has 0 aliphatic carbocycles. The van der Waals surface area contributed by atoms with Crippen LogP contribution in [0.15, 0.2) is 77.7 Å². The molecule has 1 aliphatic heterocycles. The van der Waals surface area contributed by atoms with Gasteiger partial charge in [-0.2, -0.15) is 5.26 Å². The van der Waals surface area contributed by atoms with E-state index in [1.165, 1.54) is 7.11 Å². The summed E-state index contributed by atoms with van der Waals surface area (Å²) in [7, 11) is 1.49. The van der Waals surface area contributed by atoms with Gasteiger partial charge in [0.15, 0.2) is 0 Å². The van der Waals surface area contributed by atoms with Crippen molar-refractivity contribution in [3.8, 4) is 11.8 Å². The van der Waals surface area contributed by atoms with Crippen molar-refractivity contribution in [2.75, 3.05) is 19.0 Å². The topological polar surface area (TPSA) is 104 Å². The van der Waals surface area contributed by atoms with Crippen molar-refractivity contribution in [3.63, 3.8) is 0 Å². The van der Waals surface area contributed by atoms with Gasteiger partial charge in [0.1, 0.15) is 12.3 Å². The molecule has 0 bridgehead atoms. The lowest BCUT2D eigenvalue weighted by molar-refractivity contribution is -0.127. The van der Waals surface area contributed by atoms with E-state index in [-0.39, 0.29) is 4.91 Å². The Morgan fingerprint density at radius 1 is 1.05 bits per heavy atom. The van der Waals surface area contributed by atoms with E-state index in [1.54, 1.807) is 36.4 Å². The molecule has 39 heavy (non-hydrogen) atoms. The number of anilines is 1. The van der Waals surface area contributed by atoms with E-state index in [9.17, 15) is 19.6 Å². The molecule has 1 fully saturated rings. The van der Waals surface area contributed by atoms with Crippen LogP contribution in [0.4, 0.5) is 10.5 Å². The van der Waals surface area contributed by atoms with E-state index in [2.05, 4.69) is 16.0 Å². The van der Waals surface area contributed by atoms with Gasteiger partial charge in [0.25, 0.3) is 11.1 Å². The molecule has 0 unspecified atom stereocenters. The third-order valence-electron chi connectivity index (χ3n) is 6.58. The minimum absolute atomic E-state index is 0.244. The van der Waals surface area contributed by atoms with Crippen LogP contribution in [0.5, 0.6) is 5.75 Å². The van der Waals surface area contributed by atoms with Crippen LogP contribution in [0.3, 0.4) is 0 Å². The standard InChI is InChI=1S/C30H24N4O4S/c1-19-23(22-11-5-7-13-25(22)33(19)17-21-10-4-3-9-20(21)16-31)15-27-29(36)34(30(37)39-27)18-28(35)32-24-12-6-8-14-26(24)38-2/h3-15H,17-18H2,1-2H3,(H,32,35)/b27-15-. The molecule has 2 heterocycles. The number of imide groups is 1. The SMILES string of the molecule is COc1ccccc1NC(=O)CN1C(=O)S/C(=C\c2c(C)n(Cc3ccccc3C#N)c3ccccc23)C1=O. The van der Waals surface area contributed by atoms with Crippen LogP contribution in [-0.2, 0) is 16.1 Å². The van der Waals surface area contributed by atoms with Crippen molar-refractivity contribution < 1.29 is 19.1 Å². The van der Waals surface area contributed by atoms with Crippen LogP contribution in [0.2, 0.25) is 0 Å². The summed E-state index contributed by atoms with van der Waals surface area (Å²) in [6, 6.07) is 24.4.